The number of nitrogens with zero attached hydrogens (tertiary/aromatic N) is 4. The second kappa shape index (κ2) is 8.04. The number of rotatable bonds is 1. The lowest BCUT2D eigenvalue weighted by Gasteiger charge is -2.57. The molecule has 2 fully saturated rings. The van der Waals surface area contributed by atoms with Crippen LogP contribution in [0.15, 0.2) is 71.8 Å². The molecule has 0 saturated carbocycles. The monoisotopic (exact) mass is 542 g/mol. The van der Waals surface area contributed by atoms with E-state index in [1.54, 1.807) is 23.1 Å². The molecule has 1 amide bonds. The minimum absolute atomic E-state index is 0.120. The van der Waals surface area contributed by atoms with Crippen molar-refractivity contribution in [2.75, 3.05) is 24.8 Å². The Hall–Kier alpha value is -4.44. The van der Waals surface area contributed by atoms with Crippen LogP contribution in [0.2, 0.25) is 0 Å². The van der Waals surface area contributed by atoms with Crippen LogP contribution in [0.3, 0.4) is 0 Å². The summed E-state index contributed by atoms with van der Waals surface area (Å²) in [6.07, 6.45) is 4.10. The zero-order valence-electron chi connectivity index (χ0n) is 21.3. The first-order chi connectivity index (χ1) is 19.4. The second-order valence-electron chi connectivity index (χ2n) is 11.1. The highest BCUT2D eigenvalue weighted by atomic mass is 19.2. The molecule has 40 heavy (non-hydrogen) atoms. The third-order valence-electron chi connectivity index (χ3n) is 8.93. The van der Waals surface area contributed by atoms with Crippen molar-refractivity contribution < 1.29 is 23.4 Å². The molecule has 2 unspecified atom stereocenters. The number of halogens is 2. The Morgan fingerprint density at radius 2 is 1.77 bits per heavy atom. The fourth-order valence-corrected chi connectivity index (χ4v) is 6.96. The highest BCUT2D eigenvalue weighted by Gasteiger charge is 2.53. The number of hydrogen-bond acceptors (Lipinski definition) is 5. The quantitative estimate of drug-likeness (QED) is 0.395. The van der Waals surface area contributed by atoms with E-state index in [2.05, 4.69) is 0 Å². The predicted molar refractivity (Wildman–Crippen MR) is 141 cm³/mol. The summed E-state index contributed by atoms with van der Waals surface area (Å²) < 4.78 is 39.6. The molecule has 2 aromatic heterocycles. The van der Waals surface area contributed by atoms with Crippen molar-refractivity contribution in [3.63, 3.8) is 0 Å². The number of piperidine rings is 1. The van der Waals surface area contributed by atoms with Crippen LogP contribution in [0, 0.1) is 17.0 Å². The molecule has 1 N–H and O–H groups in total. The first-order valence-corrected chi connectivity index (χ1v) is 13.3. The maximum absolute atomic E-state index is 15.8. The fourth-order valence-electron chi connectivity index (χ4n) is 6.96. The van der Waals surface area contributed by atoms with Gasteiger partial charge in [0.05, 0.1) is 24.6 Å². The van der Waals surface area contributed by atoms with E-state index in [0.717, 1.165) is 23.7 Å². The molecule has 6 heterocycles. The molecular weight excluding hydrogens is 518 g/mol. The van der Waals surface area contributed by atoms with Crippen molar-refractivity contribution in [3.05, 3.63) is 106 Å². The molecule has 4 aliphatic heterocycles. The second-order valence-corrected chi connectivity index (χ2v) is 11.1. The number of para-hydroxylation sites is 1. The van der Waals surface area contributed by atoms with E-state index in [9.17, 15) is 19.1 Å². The van der Waals surface area contributed by atoms with Crippen LogP contribution in [-0.2, 0) is 4.74 Å². The summed E-state index contributed by atoms with van der Waals surface area (Å²) in [6, 6.07) is 14.4. The van der Waals surface area contributed by atoms with E-state index in [1.165, 1.54) is 16.9 Å². The minimum Gasteiger partial charge on any atom is -0.502 e. The number of aromatic nitrogens is 2. The first kappa shape index (κ1) is 23.4. The summed E-state index contributed by atoms with van der Waals surface area (Å²) in [4.78, 5) is 28.0. The Morgan fingerprint density at radius 3 is 2.58 bits per heavy atom. The average Bonchev–Trinajstić information content (AvgIpc) is 3.38. The van der Waals surface area contributed by atoms with Crippen molar-refractivity contribution in [1.82, 2.24) is 14.1 Å². The van der Waals surface area contributed by atoms with Crippen LogP contribution in [0.5, 0.6) is 5.75 Å². The maximum atomic E-state index is 15.8. The molecule has 4 aromatic rings. The zero-order chi connectivity index (χ0) is 27.3. The number of aromatic hydroxyl groups is 1. The fraction of sp³-hybridized carbons (Fsp3) is 0.267. The number of pyridine rings is 1. The number of hydrogen-bond donors (Lipinski definition) is 1. The van der Waals surface area contributed by atoms with Gasteiger partial charge in [-0.2, -0.15) is 0 Å². The lowest BCUT2D eigenvalue weighted by molar-refractivity contribution is -0.150. The largest absolute Gasteiger partial charge is 0.502 e. The highest BCUT2D eigenvalue weighted by molar-refractivity contribution is 5.96. The Bertz CT molecular complexity index is 1790. The van der Waals surface area contributed by atoms with Crippen LogP contribution in [-0.4, -0.2) is 51.1 Å². The van der Waals surface area contributed by atoms with E-state index < -0.39 is 40.9 Å². The molecule has 0 bridgehead atoms. The molecule has 0 radical (unpaired) electrons. The van der Waals surface area contributed by atoms with Gasteiger partial charge < -0.3 is 19.3 Å². The van der Waals surface area contributed by atoms with Crippen LogP contribution < -0.4 is 10.4 Å². The maximum Gasteiger partial charge on any atom is 0.278 e. The van der Waals surface area contributed by atoms with E-state index in [0.29, 0.717) is 37.4 Å². The van der Waals surface area contributed by atoms with Gasteiger partial charge in [-0.25, -0.2) is 8.78 Å². The number of fused-ring (bicyclic) bond motifs is 7. The van der Waals surface area contributed by atoms with Gasteiger partial charge in [-0.05, 0) is 42.7 Å². The summed E-state index contributed by atoms with van der Waals surface area (Å²) in [5.74, 6) is -3.00. The molecular formula is C30H24F2N4O4. The lowest BCUT2D eigenvalue weighted by atomic mass is 9.74. The van der Waals surface area contributed by atoms with E-state index in [-0.39, 0.29) is 16.7 Å². The van der Waals surface area contributed by atoms with E-state index in [4.69, 9.17) is 4.74 Å². The van der Waals surface area contributed by atoms with Gasteiger partial charge in [-0.15, -0.1) is 0 Å². The number of amides is 1. The van der Waals surface area contributed by atoms with Gasteiger partial charge in [0.1, 0.15) is 12.2 Å². The van der Waals surface area contributed by atoms with Crippen LogP contribution >= 0.6 is 0 Å². The molecule has 2 aromatic carbocycles. The van der Waals surface area contributed by atoms with Gasteiger partial charge in [0, 0.05) is 41.5 Å². The average molecular weight is 543 g/mol. The number of carbonyl (C=O) groups excluding carboxylic acids is 1. The predicted octanol–water partition coefficient (Wildman–Crippen LogP) is 3.92. The summed E-state index contributed by atoms with van der Waals surface area (Å²) in [5.41, 5.74) is 1.78. The number of ether oxygens (including phenoxy) is 1. The lowest BCUT2D eigenvalue weighted by Crippen LogP contribution is -2.68. The van der Waals surface area contributed by atoms with Crippen LogP contribution in [0.25, 0.3) is 16.9 Å². The third kappa shape index (κ3) is 2.96. The van der Waals surface area contributed by atoms with Gasteiger partial charge in [0.25, 0.3) is 5.91 Å². The van der Waals surface area contributed by atoms with Crippen LogP contribution in [0.4, 0.5) is 8.78 Å². The van der Waals surface area contributed by atoms with Crippen LogP contribution in [0.1, 0.15) is 40.5 Å². The molecule has 1 spiro atoms. The summed E-state index contributed by atoms with van der Waals surface area (Å²) in [7, 11) is 0. The molecule has 0 aliphatic carbocycles. The Labute approximate surface area is 227 Å². The zero-order valence-corrected chi connectivity index (χ0v) is 21.3. The number of carbonyl (C=O) groups is 1. The molecule has 4 aliphatic rings. The van der Waals surface area contributed by atoms with Crippen molar-refractivity contribution in [2.24, 2.45) is 5.41 Å². The summed E-state index contributed by atoms with van der Waals surface area (Å²) >= 11 is 0. The van der Waals surface area contributed by atoms with Gasteiger partial charge >= 0.3 is 0 Å². The molecule has 10 heteroatoms. The van der Waals surface area contributed by atoms with Crippen molar-refractivity contribution in [3.8, 4) is 22.7 Å². The van der Waals surface area contributed by atoms with Gasteiger partial charge in [-0.3, -0.25) is 19.3 Å². The minimum atomic E-state index is -0.962. The van der Waals surface area contributed by atoms with Gasteiger partial charge in [0.15, 0.2) is 23.1 Å². The molecule has 8 nitrogen and oxygen atoms in total. The van der Waals surface area contributed by atoms with Crippen molar-refractivity contribution in [1.29, 1.82) is 0 Å². The third-order valence-corrected chi connectivity index (χ3v) is 8.93. The van der Waals surface area contributed by atoms with Gasteiger partial charge in [0.2, 0.25) is 5.43 Å². The SMILES string of the molecule is O=C1c2c(O)c(=O)ccn2N(C2c3ccccc3-n3cccc3-c3c2ccc(F)c3F)C2CC3(CCN12)COC3. The topological polar surface area (TPSA) is 79.9 Å². The smallest absolute Gasteiger partial charge is 0.278 e. The Balaban J connectivity index is 1.46. The molecule has 202 valence electrons. The normalized spacial score (nSPS) is 22.0. The van der Waals surface area contributed by atoms with E-state index >= 15 is 4.39 Å². The Kier molecular flexibility index (Phi) is 4.72. The van der Waals surface area contributed by atoms with Gasteiger partial charge in [-0.1, -0.05) is 24.3 Å². The Morgan fingerprint density at radius 1 is 0.950 bits per heavy atom. The highest BCUT2D eigenvalue weighted by Crippen LogP contribution is 2.49. The van der Waals surface area contributed by atoms with Crippen molar-refractivity contribution >= 4 is 5.91 Å². The summed E-state index contributed by atoms with van der Waals surface area (Å²) in [5, 5.41) is 12.8. The first-order valence-electron chi connectivity index (χ1n) is 13.3. The van der Waals surface area contributed by atoms with Crippen molar-refractivity contribution in [2.45, 2.75) is 25.0 Å². The molecule has 8 rings (SSSR count). The molecule has 2 saturated heterocycles. The molecule has 2 atom stereocenters. The summed E-state index contributed by atoms with van der Waals surface area (Å²) in [6.45, 7) is 1.56. The number of benzene rings is 2. The van der Waals surface area contributed by atoms with E-state index in [1.807, 2.05) is 40.0 Å². The standard InChI is InChI=1S/C30H24F2N4O4/c31-19-8-7-18-24(25(19)32)21-6-3-11-33(21)20-5-2-1-4-17(20)26(18)36-23-14-30(15-40-16-30)10-13-34(23)29(39)27-28(38)22(37)9-12-35(27)36/h1-9,11-12,23,26,38H,10,13-16H2.